The van der Waals surface area contributed by atoms with Crippen molar-refractivity contribution in [3.05, 3.63) is 11.8 Å². The lowest BCUT2D eigenvalue weighted by Crippen LogP contribution is -2.49. The van der Waals surface area contributed by atoms with Crippen LogP contribution in [0.2, 0.25) is 0 Å². The maximum Gasteiger partial charge on any atom is 0.242 e. The summed E-state index contributed by atoms with van der Waals surface area (Å²) in [4.78, 5) is 23.0. The lowest BCUT2D eigenvalue weighted by molar-refractivity contribution is -0.122. The van der Waals surface area contributed by atoms with E-state index in [0.717, 1.165) is 43.9 Å². The molecule has 1 aliphatic rings. The molecule has 2 rings (SSSR count). The third kappa shape index (κ3) is 3.18. The van der Waals surface area contributed by atoms with Crippen LogP contribution in [0.15, 0.2) is 6.07 Å². The highest BCUT2D eigenvalue weighted by atomic mass is 16.2. The van der Waals surface area contributed by atoms with Crippen molar-refractivity contribution in [1.82, 2.24) is 15.3 Å². The Morgan fingerprint density at radius 2 is 2.25 bits per heavy atom. The Bertz CT molecular complexity index is 477. The topological polar surface area (TPSA) is 70.2 Å². The van der Waals surface area contributed by atoms with Crippen molar-refractivity contribution in [3.8, 4) is 0 Å². The summed E-state index contributed by atoms with van der Waals surface area (Å²) in [5, 5.41) is 5.89. The number of carbonyl (C=O) groups excluding carboxylic acids is 1. The molecule has 1 aliphatic heterocycles. The van der Waals surface area contributed by atoms with Gasteiger partial charge in [-0.25, -0.2) is 4.98 Å². The first-order chi connectivity index (χ1) is 9.65. The van der Waals surface area contributed by atoms with Gasteiger partial charge < -0.3 is 15.5 Å². The molecule has 6 heteroatoms. The molecule has 0 radical (unpaired) electrons. The molecule has 20 heavy (non-hydrogen) atoms. The predicted octanol–water partition coefficient (Wildman–Crippen LogP) is 1.32. The molecule has 0 aliphatic carbocycles. The average Bonchev–Trinajstić information content (AvgIpc) is 2.46. The van der Waals surface area contributed by atoms with Gasteiger partial charge in [0.05, 0.1) is 0 Å². The zero-order chi connectivity index (χ0) is 14.5. The lowest BCUT2D eigenvalue weighted by atomic mass is 10.0. The van der Waals surface area contributed by atoms with Crippen LogP contribution in [-0.4, -0.2) is 42.1 Å². The molecule has 0 bridgehead atoms. The van der Waals surface area contributed by atoms with Crippen LogP contribution < -0.4 is 15.5 Å². The molecule has 1 aromatic heterocycles. The summed E-state index contributed by atoms with van der Waals surface area (Å²) < 4.78 is 0. The van der Waals surface area contributed by atoms with E-state index in [0.29, 0.717) is 5.95 Å². The molecule has 1 amide bonds. The fourth-order valence-electron chi connectivity index (χ4n) is 2.58. The van der Waals surface area contributed by atoms with Crippen molar-refractivity contribution in [2.24, 2.45) is 0 Å². The fourth-order valence-corrected chi connectivity index (χ4v) is 2.58. The minimum atomic E-state index is -0.127. The van der Waals surface area contributed by atoms with Crippen molar-refractivity contribution in [2.75, 3.05) is 30.4 Å². The molecule has 1 saturated heterocycles. The van der Waals surface area contributed by atoms with E-state index in [2.05, 4.69) is 25.5 Å². The number of carbonyl (C=O) groups is 1. The van der Waals surface area contributed by atoms with Crippen LogP contribution in [0.5, 0.6) is 0 Å². The maximum atomic E-state index is 12.0. The van der Waals surface area contributed by atoms with Crippen LogP contribution in [0.25, 0.3) is 0 Å². The highest BCUT2D eigenvalue weighted by molar-refractivity contribution is 5.85. The van der Waals surface area contributed by atoms with Crippen LogP contribution in [0.4, 0.5) is 11.8 Å². The van der Waals surface area contributed by atoms with Crippen LogP contribution in [-0.2, 0) is 4.79 Å². The molecule has 1 aromatic rings. The van der Waals surface area contributed by atoms with Crippen LogP contribution in [0.1, 0.15) is 31.9 Å². The normalized spacial score (nSPS) is 18.8. The van der Waals surface area contributed by atoms with Gasteiger partial charge in [0, 0.05) is 31.9 Å². The number of hydrogen-bond donors (Lipinski definition) is 2. The first-order valence-electron chi connectivity index (χ1n) is 7.23. The van der Waals surface area contributed by atoms with E-state index in [1.165, 1.54) is 0 Å². The summed E-state index contributed by atoms with van der Waals surface area (Å²) in [6.45, 7) is 5.60. The molecule has 1 fully saturated rings. The molecule has 6 nitrogen and oxygen atoms in total. The van der Waals surface area contributed by atoms with Gasteiger partial charge in [-0.1, -0.05) is 0 Å². The Balaban J connectivity index is 2.29. The van der Waals surface area contributed by atoms with Crippen LogP contribution in [0, 0.1) is 6.92 Å². The Morgan fingerprint density at radius 1 is 1.45 bits per heavy atom. The number of rotatable bonds is 4. The number of hydrogen-bond acceptors (Lipinski definition) is 5. The summed E-state index contributed by atoms with van der Waals surface area (Å²) in [5.74, 6) is 1.52. The van der Waals surface area contributed by atoms with Crippen molar-refractivity contribution < 1.29 is 4.79 Å². The van der Waals surface area contributed by atoms with Gasteiger partial charge in [0.25, 0.3) is 0 Å². The number of amides is 1. The SMILES string of the molecule is CCNc1nc(C)cc(N2CCCCC2C(=O)NC)n1. The van der Waals surface area contributed by atoms with E-state index >= 15 is 0 Å². The van der Waals surface area contributed by atoms with E-state index in [1.54, 1.807) is 7.05 Å². The third-order valence-corrected chi connectivity index (χ3v) is 3.52. The first-order valence-corrected chi connectivity index (χ1v) is 7.23. The van der Waals surface area contributed by atoms with E-state index in [-0.39, 0.29) is 11.9 Å². The number of piperidine rings is 1. The Hall–Kier alpha value is -1.85. The molecule has 0 saturated carbocycles. The summed E-state index contributed by atoms with van der Waals surface area (Å²) in [7, 11) is 1.68. The average molecular weight is 277 g/mol. The van der Waals surface area contributed by atoms with Crippen molar-refractivity contribution >= 4 is 17.7 Å². The minimum absolute atomic E-state index is 0.0611. The van der Waals surface area contributed by atoms with Gasteiger partial charge in [-0.15, -0.1) is 0 Å². The van der Waals surface area contributed by atoms with E-state index in [9.17, 15) is 4.79 Å². The monoisotopic (exact) mass is 277 g/mol. The zero-order valence-corrected chi connectivity index (χ0v) is 12.4. The smallest absolute Gasteiger partial charge is 0.242 e. The van der Waals surface area contributed by atoms with Crippen molar-refractivity contribution in [2.45, 2.75) is 39.2 Å². The molecular formula is C14H23N5O. The Kier molecular flexibility index (Phi) is 4.76. The van der Waals surface area contributed by atoms with Crippen LogP contribution in [0.3, 0.4) is 0 Å². The minimum Gasteiger partial charge on any atom is -0.357 e. The summed E-state index contributed by atoms with van der Waals surface area (Å²) >= 11 is 0. The van der Waals surface area contributed by atoms with Crippen molar-refractivity contribution in [3.63, 3.8) is 0 Å². The summed E-state index contributed by atoms with van der Waals surface area (Å²) in [5.41, 5.74) is 0.909. The number of aromatic nitrogens is 2. The second kappa shape index (κ2) is 6.54. The molecule has 0 aromatic carbocycles. The number of nitrogens with one attached hydrogen (secondary N) is 2. The molecule has 0 spiro atoms. The van der Waals surface area contributed by atoms with Gasteiger partial charge in [-0.05, 0) is 33.1 Å². The predicted molar refractivity (Wildman–Crippen MR) is 80.0 cm³/mol. The molecule has 1 unspecified atom stereocenters. The summed E-state index contributed by atoms with van der Waals surface area (Å²) in [6.07, 6.45) is 3.05. The highest BCUT2D eigenvalue weighted by Gasteiger charge is 2.29. The molecule has 1 atom stereocenters. The van der Waals surface area contributed by atoms with E-state index in [4.69, 9.17) is 0 Å². The van der Waals surface area contributed by atoms with Gasteiger partial charge in [0.15, 0.2) is 0 Å². The van der Waals surface area contributed by atoms with Gasteiger partial charge in [-0.2, -0.15) is 4.98 Å². The standard InChI is InChI=1S/C14H23N5O/c1-4-16-14-17-10(2)9-12(18-14)19-8-6-5-7-11(19)13(20)15-3/h9,11H,4-8H2,1-3H3,(H,15,20)(H,16,17,18). The lowest BCUT2D eigenvalue weighted by Gasteiger charge is -2.35. The van der Waals surface area contributed by atoms with Crippen LogP contribution >= 0.6 is 0 Å². The molecule has 2 N–H and O–H groups in total. The molecule has 110 valence electrons. The number of aryl methyl sites for hydroxylation is 1. The second-order valence-corrected chi connectivity index (χ2v) is 5.04. The van der Waals surface area contributed by atoms with Gasteiger partial charge >= 0.3 is 0 Å². The summed E-state index contributed by atoms with van der Waals surface area (Å²) in [6, 6.07) is 1.82. The van der Waals surface area contributed by atoms with Crippen molar-refractivity contribution in [1.29, 1.82) is 0 Å². The quantitative estimate of drug-likeness (QED) is 0.868. The van der Waals surface area contributed by atoms with E-state index < -0.39 is 0 Å². The van der Waals surface area contributed by atoms with Gasteiger partial charge in [0.2, 0.25) is 11.9 Å². The Labute approximate surface area is 120 Å². The molecular weight excluding hydrogens is 254 g/mol. The largest absolute Gasteiger partial charge is 0.357 e. The maximum absolute atomic E-state index is 12.0. The molecule has 2 heterocycles. The zero-order valence-electron chi connectivity index (χ0n) is 12.4. The Morgan fingerprint density at radius 3 is 2.95 bits per heavy atom. The third-order valence-electron chi connectivity index (χ3n) is 3.52. The highest BCUT2D eigenvalue weighted by Crippen LogP contribution is 2.24. The van der Waals surface area contributed by atoms with Gasteiger partial charge in [0.1, 0.15) is 11.9 Å². The second-order valence-electron chi connectivity index (χ2n) is 5.04. The number of anilines is 2. The van der Waals surface area contributed by atoms with E-state index in [1.807, 2.05) is 19.9 Å². The number of likely N-dealkylation sites (N-methyl/N-ethyl adjacent to an activating group) is 1. The fraction of sp³-hybridized carbons (Fsp3) is 0.643. The van der Waals surface area contributed by atoms with Gasteiger partial charge in [-0.3, -0.25) is 4.79 Å². The first kappa shape index (κ1) is 14.6. The number of nitrogens with zero attached hydrogens (tertiary/aromatic N) is 3.